The molecule has 29 heavy (non-hydrogen) atoms. The zero-order valence-electron chi connectivity index (χ0n) is 15.2. The van der Waals surface area contributed by atoms with E-state index in [1.54, 1.807) is 18.2 Å². The number of carbonyl (C=O) groups excluding carboxylic acids is 2. The molecule has 5 heteroatoms. The van der Waals surface area contributed by atoms with Gasteiger partial charge in [0.2, 0.25) is 0 Å². The van der Waals surface area contributed by atoms with Gasteiger partial charge in [-0.1, -0.05) is 64.5 Å². The van der Waals surface area contributed by atoms with Gasteiger partial charge in [-0.05, 0) is 63.5 Å². The third kappa shape index (κ3) is 3.00. The Hall–Kier alpha value is -3.44. The van der Waals surface area contributed by atoms with E-state index in [0.717, 1.165) is 31.6 Å². The molecule has 0 radical (unpaired) electrons. The topological polar surface area (TPSA) is 49.4 Å². The van der Waals surface area contributed by atoms with Crippen LogP contribution in [0.15, 0.2) is 88.9 Å². The molecule has 0 bridgehead atoms. The van der Waals surface area contributed by atoms with Crippen LogP contribution in [-0.2, 0) is 9.59 Å². The summed E-state index contributed by atoms with van der Waals surface area (Å²) in [6, 6.07) is 25.3. The van der Waals surface area contributed by atoms with Gasteiger partial charge < -0.3 is 0 Å². The van der Waals surface area contributed by atoms with Crippen molar-refractivity contribution in [3.63, 3.8) is 0 Å². The molecule has 4 aromatic carbocycles. The Morgan fingerprint density at radius 2 is 1.38 bits per heavy atom. The lowest BCUT2D eigenvalue weighted by molar-refractivity contribution is -0.117. The van der Waals surface area contributed by atoms with Crippen molar-refractivity contribution in [2.24, 2.45) is 0 Å². The number of benzene rings is 4. The standard InChI is InChI=1S/C24H15BrN2O2/c25-17-9-11-18(12-10-17)27-24(29)22(23(28)26-27)14-21-19-7-3-1-5-15(19)13-16-6-2-4-8-20(16)21/h1-14H,(H,26,28). The van der Waals surface area contributed by atoms with Gasteiger partial charge in [-0.3, -0.25) is 15.0 Å². The lowest BCUT2D eigenvalue weighted by Gasteiger charge is -2.14. The summed E-state index contributed by atoms with van der Waals surface area (Å²) in [6.07, 6.45) is 1.71. The minimum Gasteiger partial charge on any atom is -0.267 e. The molecule has 2 amide bonds. The SMILES string of the molecule is O=C1NN(c2ccc(Br)cc2)C(=O)C1=Cc1c2ccccc2cc2ccccc12. The molecule has 1 aliphatic rings. The van der Waals surface area contributed by atoms with E-state index in [1.165, 1.54) is 5.01 Å². The maximum absolute atomic E-state index is 13.0. The third-order valence-electron chi connectivity index (χ3n) is 5.08. The van der Waals surface area contributed by atoms with Crippen molar-refractivity contribution in [1.29, 1.82) is 0 Å². The Morgan fingerprint density at radius 3 is 2.00 bits per heavy atom. The van der Waals surface area contributed by atoms with Gasteiger partial charge in [0.25, 0.3) is 11.8 Å². The van der Waals surface area contributed by atoms with Crippen LogP contribution in [0.2, 0.25) is 0 Å². The molecule has 4 nitrogen and oxygen atoms in total. The summed E-state index contributed by atoms with van der Waals surface area (Å²) in [5, 5.41) is 5.42. The highest BCUT2D eigenvalue weighted by Gasteiger charge is 2.34. The highest BCUT2D eigenvalue weighted by molar-refractivity contribution is 9.10. The molecule has 0 unspecified atom stereocenters. The molecule has 0 aromatic heterocycles. The first-order valence-electron chi connectivity index (χ1n) is 9.15. The number of hydrogen-bond acceptors (Lipinski definition) is 2. The van der Waals surface area contributed by atoms with Crippen LogP contribution in [-0.4, -0.2) is 11.8 Å². The van der Waals surface area contributed by atoms with E-state index < -0.39 is 5.91 Å². The van der Waals surface area contributed by atoms with Crippen LogP contribution in [0.25, 0.3) is 27.6 Å². The lowest BCUT2D eigenvalue weighted by Crippen LogP contribution is -2.35. The molecule has 140 valence electrons. The molecule has 1 N–H and O–H groups in total. The second kappa shape index (κ2) is 6.87. The van der Waals surface area contributed by atoms with Gasteiger partial charge >= 0.3 is 0 Å². The van der Waals surface area contributed by atoms with Crippen LogP contribution >= 0.6 is 15.9 Å². The quantitative estimate of drug-likeness (QED) is 0.263. The summed E-state index contributed by atoms with van der Waals surface area (Å²) >= 11 is 3.38. The number of anilines is 1. The Kier molecular flexibility index (Phi) is 4.18. The fourth-order valence-corrected chi connectivity index (χ4v) is 3.94. The molecule has 1 saturated heterocycles. The van der Waals surface area contributed by atoms with Gasteiger partial charge in [0, 0.05) is 4.47 Å². The summed E-state index contributed by atoms with van der Waals surface area (Å²) in [5.41, 5.74) is 4.27. The second-order valence-corrected chi connectivity index (χ2v) is 7.76. The molecule has 5 rings (SSSR count). The van der Waals surface area contributed by atoms with Gasteiger partial charge in [0.05, 0.1) is 5.69 Å². The fourth-order valence-electron chi connectivity index (χ4n) is 3.68. The normalized spacial score (nSPS) is 15.5. The van der Waals surface area contributed by atoms with E-state index in [0.29, 0.717) is 5.69 Å². The molecule has 0 saturated carbocycles. The highest BCUT2D eigenvalue weighted by atomic mass is 79.9. The minimum absolute atomic E-state index is 0.120. The maximum Gasteiger partial charge on any atom is 0.282 e. The van der Waals surface area contributed by atoms with Crippen LogP contribution in [0, 0.1) is 0 Å². The number of halogens is 1. The molecular formula is C24H15BrN2O2. The van der Waals surface area contributed by atoms with Crippen molar-refractivity contribution in [1.82, 2.24) is 5.43 Å². The summed E-state index contributed by atoms with van der Waals surface area (Å²) < 4.78 is 0.900. The van der Waals surface area contributed by atoms with E-state index in [9.17, 15) is 9.59 Å². The van der Waals surface area contributed by atoms with Gasteiger partial charge in [0.1, 0.15) is 5.57 Å². The Labute approximate surface area is 175 Å². The number of nitrogens with zero attached hydrogens (tertiary/aromatic N) is 1. The van der Waals surface area contributed by atoms with Crippen molar-refractivity contribution in [2.45, 2.75) is 0 Å². The average Bonchev–Trinajstić information content (AvgIpc) is 3.02. The number of carbonyl (C=O) groups is 2. The fraction of sp³-hybridized carbons (Fsp3) is 0. The zero-order valence-corrected chi connectivity index (χ0v) is 16.8. The van der Waals surface area contributed by atoms with E-state index in [2.05, 4.69) is 27.4 Å². The molecule has 1 heterocycles. The van der Waals surface area contributed by atoms with Crippen molar-refractivity contribution in [2.75, 3.05) is 5.01 Å². The van der Waals surface area contributed by atoms with E-state index in [-0.39, 0.29) is 11.5 Å². The molecule has 4 aromatic rings. The Morgan fingerprint density at radius 1 is 0.793 bits per heavy atom. The summed E-state index contributed by atoms with van der Waals surface area (Å²) in [5.74, 6) is -0.774. The van der Waals surface area contributed by atoms with Crippen LogP contribution in [0.1, 0.15) is 5.56 Å². The highest BCUT2D eigenvalue weighted by Crippen LogP contribution is 2.31. The third-order valence-corrected chi connectivity index (χ3v) is 5.61. The number of fused-ring (bicyclic) bond motifs is 2. The van der Waals surface area contributed by atoms with Crippen molar-refractivity contribution < 1.29 is 9.59 Å². The number of rotatable bonds is 2. The van der Waals surface area contributed by atoms with Crippen molar-refractivity contribution in [3.05, 3.63) is 94.5 Å². The largest absolute Gasteiger partial charge is 0.282 e. The van der Waals surface area contributed by atoms with E-state index >= 15 is 0 Å². The number of hydrazine groups is 1. The maximum atomic E-state index is 13.0. The first-order valence-corrected chi connectivity index (χ1v) is 9.94. The monoisotopic (exact) mass is 442 g/mol. The first kappa shape index (κ1) is 17.6. The predicted molar refractivity (Wildman–Crippen MR) is 119 cm³/mol. The Bertz CT molecular complexity index is 1270. The first-order chi connectivity index (χ1) is 14.1. The van der Waals surface area contributed by atoms with Gasteiger partial charge in [-0.2, -0.15) is 0 Å². The molecule has 1 aliphatic heterocycles. The molecule has 0 spiro atoms. The summed E-state index contributed by atoms with van der Waals surface area (Å²) in [6.45, 7) is 0. The summed E-state index contributed by atoms with van der Waals surface area (Å²) in [7, 11) is 0. The van der Waals surface area contributed by atoms with Gasteiger partial charge in [-0.15, -0.1) is 0 Å². The number of amides is 2. The molecule has 0 aliphatic carbocycles. The minimum atomic E-state index is -0.407. The molecule has 0 atom stereocenters. The van der Waals surface area contributed by atoms with Crippen LogP contribution in [0.4, 0.5) is 5.69 Å². The predicted octanol–water partition coefficient (Wildman–Crippen LogP) is 5.22. The Balaban J connectivity index is 1.68. The van der Waals surface area contributed by atoms with Crippen molar-refractivity contribution in [3.8, 4) is 0 Å². The van der Waals surface area contributed by atoms with Crippen molar-refractivity contribution >= 4 is 61.1 Å². The smallest absolute Gasteiger partial charge is 0.267 e. The molecule has 1 fully saturated rings. The zero-order chi connectivity index (χ0) is 20.0. The van der Waals surface area contributed by atoms with Crippen LogP contribution < -0.4 is 10.4 Å². The van der Waals surface area contributed by atoms with E-state index in [1.807, 2.05) is 60.7 Å². The van der Waals surface area contributed by atoms with Gasteiger partial charge in [0.15, 0.2) is 0 Å². The lowest BCUT2D eigenvalue weighted by atomic mass is 9.95. The second-order valence-electron chi connectivity index (χ2n) is 6.85. The molecular weight excluding hydrogens is 428 g/mol. The average molecular weight is 443 g/mol. The van der Waals surface area contributed by atoms with Crippen LogP contribution in [0.5, 0.6) is 0 Å². The number of hydrogen-bond donors (Lipinski definition) is 1. The summed E-state index contributed by atoms with van der Waals surface area (Å²) in [4.78, 5) is 25.7. The van der Waals surface area contributed by atoms with Crippen LogP contribution in [0.3, 0.4) is 0 Å². The van der Waals surface area contributed by atoms with Gasteiger partial charge in [-0.25, -0.2) is 5.01 Å². The number of nitrogens with one attached hydrogen (secondary N) is 1. The van der Waals surface area contributed by atoms with E-state index in [4.69, 9.17) is 0 Å².